The summed E-state index contributed by atoms with van der Waals surface area (Å²) >= 11 is 2.88. The monoisotopic (exact) mass is 369 g/mol. The maximum absolute atomic E-state index is 13.7. The molecule has 0 amide bonds. The lowest BCUT2D eigenvalue weighted by atomic mass is 9.82. The highest BCUT2D eigenvalue weighted by atomic mass is 79.9. The van der Waals surface area contributed by atoms with Gasteiger partial charge in [-0.3, -0.25) is 0 Å². The van der Waals surface area contributed by atoms with Gasteiger partial charge in [-0.15, -0.1) is 0 Å². The molecule has 1 aliphatic carbocycles. The van der Waals surface area contributed by atoms with Crippen molar-refractivity contribution in [2.24, 2.45) is 5.92 Å². The first-order valence-electron chi connectivity index (χ1n) is 6.00. The van der Waals surface area contributed by atoms with E-state index in [1.165, 1.54) is 7.05 Å². The predicted octanol–water partition coefficient (Wildman–Crippen LogP) is 2.12. The summed E-state index contributed by atoms with van der Waals surface area (Å²) in [7, 11) is -2.70. The number of nitrogens with zero attached hydrogens (tertiary/aromatic N) is 1. The summed E-state index contributed by atoms with van der Waals surface area (Å²) in [4.78, 5) is -0.568. The van der Waals surface area contributed by atoms with E-state index in [4.69, 9.17) is 0 Å². The molecule has 0 spiro atoms. The average Bonchev–Trinajstić information content (AvgIpc) is 2.24. The maximum atomic E-state index is 13.7. The summed E-state index contributed by atoms with van der Waals surface area (Å²) in [6, 6.07) is 1.45. The van der Waals surface area contributed by atoms with Gasteiger partial charge in [-0.25, -0.2) is 21.5 Å². The van der Waals surface area contributed by atoms with E-state index in [2.05, 4.69) is 15.9 Å². The smallest absolute Gasteiger partial charge is 0.246 e. The molecule has 112 valence electrons. The Balaban J connectivity index is 2.26. The van der Waals surface area contributed by atoms with Gasteiger partial charge in [0.1, 0.15) is 16.5 Å². The zero-order valence-electron chi connectivity index (χ0n) is 10.7. The zero-order valence-corrected chi connectivity index (χ0v) is 13.1. The molecular formula is C12H14BrF2NO3S. The fourth-order valence-electron chi connectivity index (χ4n) is 2.24. The molecule has 0 aliphatic heterocycles. The first-order chi connectivity index (χ1) is 9.21. The standard InChI is InChI=1S/C12H14BrF2NO3S/c1-16(6-7-2-9(17)3-7)20(18,19)12-10(13)4-8(14)5-11(12)15/h4-5,7,9,17H,2-3,6H2,1H3. The van der Waals surface area contributed by atoms with Crippen molar-refractivity contribution in [2.75, 3.05) is 13.6 Å². The Bertz CT molecular complexity index is 594. The van der Waals surface area contributed by atoms with Gasteiger partial charge < -0.3 is 5.11 Å². The zero-order chi connectivity index (χ0) is 15.1. The number of hydrogen-bond donors (Lipinski definition) is 1. The molecule has 8 heteroatoms. The van der Waals surface area contributed by atoms with E-state index >= 15 is 0 Å². The molecular weight excluding hydrogens is 356 g/mol. The van der Waals surface area contributed by atoms with Crippen molar-refractivity contribution in [2.45, 2.75) is 23.8 Å². The third kappa shape index (κ3) is 3.03. The molecule has 4 nitrogen and oxygen atoms in total. The minimum absolute atomic E-state index is 0.0621. The average molecular weight is 370 g/mol. The van der Waals surface area contributed by atoms with Gasteiger partial charge in [0.2, 0.25) is 10.0 Å². The van der Waals surface area contributed by atoms with Crippen molar-refractivity contribution in [3.8, 4) is 0 Å². The lowest BCUT2D eigenvalue weighted by Gasteiger charge is -2.34. The van der Waals surface area contributed by atoms with Gasteiger partial charge in [-0.2, -0.15) is 0 Å². The SMILES string of the molecule is CN(CC1CC(O)C1)S(=O)(=O)c1c(F)cc(F)cc1Br. The molecule has 1 aliphatic rings. The molecule has 0 bridgehead atoms. The number of aliphatic hydroxyl groups excluding tert-OH is 1. The molecule has 0 heterocycles. The lowest BCUT2D eigenvalue weighted by molar-refractivity contribution is 0.0367. The van der Waals surface area contributed by atoms with Crippen molar-refractivity contribution in [1.82, 2.24) is 4.31 Å². The summed E-state index contributed by atoms with van der Waals surface area (Å²) in [5, 5.41) is 9.19. The number of sulfonamides is 1. The van der Waals surface area contributed by atoms with Crippen LogP contribution in [-0.2, 0) is 10.0 Å². The van der Waals surface area contributed by atoms with Crippen molar-refractivity contribution in [3.63, 3.8) is 0 Å². The lowest BCUT2D eigenvalue weighted by Crippen LogP contribution is -2.39. The van der Waals surface area contributed by atoms with Crippen LogP contribution in [0.1, 0.15) is 12.8 Å². The van der Waals surface area contributed by atoms with Gasteiger partial charge in [0.05, 0.1) is 6.10 Å². The molecule has 0 saturated heterocycles. The van der Waals surface area contributed by atoms with Gasteiger partial charge >= 0.3 is 0 Å². The van der Waals surface area contributed by atoms with Crippen LogP contribution in [0.3, 0.4) is 0 Å². The topological polar surface area (TPSA) is 57.6 Å². The Hall–Kier alpha value is -0.570. The van der Waals surface area contributed by atoms with Crippen LogP contribution in [-0.4, -0.2) is 37.5 Å². The summed E-state index contributed by atoms with van der Waals surface area (Å²) in [6.07, 6.45) is 0.685. The highest BCUT2D eigenvalue weighted by Crippen LogP contribution is 2.32. The third-order valence-electron chi connectivity index (χ3n) is 3.36. The molecule has 0 aromatic heterocycles. The van der Waals surface area contributed by atoms with Crippen LogP contribution in [0.25, 0.3) is 0 Å². The normalized spacial score (nSPS) is 22.9. The molecule has 20 heavy (non-hydrogen) atoms. The summed E-state index contributed by atoms with van der Waals surface area (Å²) < 4.78 is 52.3. The Morgan fingerprint density at radius 3 is 2.50 bits per heavy atom. The van der Waals surface area contributed by atoms with E-state index in [0.29, 0.717) is 18.9 Å². The van der Waals surface area contributed by atoms with Crippen molar-refractivity contribution in [3.05, 3.63) is 28.2 Å². The minimum atomic E-state index is -4.04. The highest BCUT2D eigenvalue weighted by molar-refractivity contribution is 9.10. The molecule has 1 aromatic carbocycles. The minimum Gasteiger partial charge on any atom is -0.393 e. The number of benzene rings is 1. The number of aliphatic hydroxyl groups is 1. The Kier molecular flexibility index (Phi) is 4.48. The second-order valence-electron chi connectivity index (χ2n) is 4.98. The van der Waals surface area contributed by atoms with Crippen LogP contribution >= 0.6 is 15.9 Å². The Morgan fingerprint density at radius 1 is 1.40 bits per heavy atom. The van der Waals surface area contributed by atoms with Gasteiger partial charge in [-0.05, 0) is 40.8 Å². The van der Waals surface area contributed by atoms with Crippen LogP contribution < -0.4 is 0 Å². The van der Waals surface area contributed by atoms with Gasteiger partial charge in [0, 0.05) is 24.1 Å². The van der Waals surface area contributed by atoms with Crippen molar-refractivity contribution >= 4 is 26.0 Å². The first kappa shape index (κ1) is 15.8. The Labute approximate surface area is 124 Å². The van der Waals surface area contributed by atoms with Crippen LogP contribution in [0.4, 0.5) is 8.78 Å². The molecule has 1 fully saturated rings. The van der Waals surface area contributed by atoms with Gasteiger partial charge in [0.25, 0.3) is 0 Å². The Morgan fingerprint density at radius 2 is 2.00 bits per heavy atom. The van der Waals surface area contributed by atoms with Crippen LogP contribution in [0.15, 0.2) is 21.5 Å². The molecule has 1 saturated carbocycles. The molecule has 0 radical (unpaired) electrons. The fourth-order valence-corrected chi connectivity index (χ4v) is 4.59. The van der Waals surface area contributed by atoms with E-state index < -0.39 is 26.6 Å². The third-order valence-corrected chi connectivity index (χ3v) is 6.15. The molecule has 0 atom stereocenters. The van der Waals surface area contributed by atoms with E-state index in [1.807, 2.05) is 0 Å². The maximum Gasteiger partial charge on any atom is 0.246 e. The largest absolute Gasteiger partial charge is 0.393 e. The number of halogens is 3. The van der Waals surface area contributed by atoms with Gasteiger partial charge in [-0.1, -0.05) is 0 Å². The van der Waals surface area contributed by atoms with E-state index in [9.17, 15) is 22.3 Å². The van der Waals surface area contributed by atoms with Crippen LogP contribution in [0, 0.1) is 17.6 Å². The van der Waals surface area contributed by atoms with E-state index in [1.54, 1.807) is 0 Å². The quantitative estimate of drug-likeness (QED) is 0.884. The van der Waals surface area contributed by atoms with E-state index in [0.717, 1.165) is 10.4 Å². The molecule has 1 N–H and O–H groups in total. The van der Waals surface area contributed by atoms with Crippen LogP contribution in [0.2, 0.25) is 0 Å². The number of rotatable bonds is 4. The van der Waals surface area contributed by atoms with Crippen molar-refractivity contribution < 1.29 is 22.3 Å². The van der Waals surface area contributed by atoms with Crippen molar-refractivity contribution in [1.29, 1.82) is 0 Å². The van der Waals surface area contributed by atoms with E-state index in [-0.39, 0.29) is 23.0 Å². The molecule has 1 aromatic rings. The second-order valence-corrected chi connectivity index (χ2v) is 7.81. The number of hydrogen-bond acceptors (Lipinski definition) is 3. The summed E-state index contributed by atoms with van der Waals surface area (Å²) in [6.45, 7) is 0.197. The molecule has 0 unspecified atom stereocenters. The summed E-state index contributed by atoms with van der Waals surface area (Å²) in [5.41, 5.74) is 0. The highest BCUT2D eigenvalue weighted by Gasteiger charge is 2.33. The fraction of sp³-hybridized carbons (Fsp3) is 0.500. The van der Waals surface area contributed by atoms with Crippen LogP contribution in [0.5, 0.6) is 0 Å². The molecule has 2 rings (SSSR count). The van der Waals surface area contributed by atoms with Gasteiger partial charge in [0.15, 0.2) is 0 Å². The predicted molar refractivity (Wildman–Crippen MR) is 72.6 cm³/mol. The first-order valence-corrected chi connectivity index (χ1v) is 8.24. The summed E-state index contributed by atoms with van der Waals surface area (Å²) in [5.74, 6) is -1.91. The second kappa shape index (κ2) is 5.67.